The SMILES string of the molecule is COc1ccc(NCc2cc(F)ccc2[N+](=O)[O-])cc1F. The predicted molar refractivity (Wildman–Crippen MR) is 73.3 cm³/mol. The number of halogens is 2. The third-order valence-corrected chi connectivity index (χ3v) is 2.87. The number of methoxy groups -OCH3 is 1. The number of hydrogen-bond acceptors (Lipinski definition) is 4. The third kappa shape index (κ3) is 3.44. The number of nitro benzene ring substituents is 1. The minimum Gasteiger partial charge on any atom is -0.494 e. The molecule has 0 saturated carbocycles. The number of anilines is 1. The normalized spacial score (nSPS) is 10.2. The van der Waals surface area contributed by atoms with E-state index in [9.17, 15) is 18.9 Å². The lowest BCUT2D eigenvalue weighted by Crippen LogP contribution is -2.04. The van der Waals surface area contributed by atoms with E-state index < -0.39 is 16.6 Å². The molecule has 0 aliphatic rings. The molecule has 0 aromatic heterocycles. The molecule has 0 heterocycles. The number of hydrogen-bond donors (Lipinski definition) is 1. The molecule has 0 fully saturated rings. The average molecular weight is 294 g/mol. The van der Waals surface area contributed by atoms with Crippen LogP contribution in [0.5, 0.6) is 5.75 Å². The Morgan fingerprint density at radius 1 is 1.24 bits per heavy atom. The molecule has 0 radical (unpaired) electrons. The Hall–Kier alpha value is -2.70. The summed E-state index contributed by atoms with van der Waals surface area (Å²) in [4.78, 5) is 10.3. The Labute approximate surface area is 119 Å². The van der Waals surface area contributed by atoms with Crippen molar-refractivity contribution in [2.75, 3.05) is 12.4 Å². The molecule has 2 aromatic rings. The summed E-state index contributed by atoms with van der Waals surface area (Å²) in [6.07, 6.45) is 0. The molecule has 21 heavy (non-hydrogen) atoms. The lowest BCUT2D eigenvalue weighted by molar-refractivity contribution is -0.385. The Morgan fingerprint density at radius 2 is 2.00 bits per heavy atom. The van der Waals surface area contributed by atoms with Gasteiger partial charge in [0.1, 0.15) is 5.82 Å². The van der Waals surface area contributed by atoms with E-state index in [1.807, 2.05) is 0 Å². The lowest BCUT2D eigenvalue weighted by Gasteiger charge is -2.09. The Morgan fingerprint density at radius 3 is 2.62 bits per heavy atom. The molecule has 0 amide bonds. The van der Waals surface area contributed by atoms with Gasteiger partial charge in [0.25, 0.3) is 5.69 Å². The van der Waals surface area contributed by atoms with Crippen LogP contribution < -0.4 is 10.1 Å². The van der Waals surface area contributed by atoms with E-state index >= 15 is 0 Å². The van der Waals surface area contributed by atoms with Crippen LogP contribution in [-0.4, -0.2) is 12.0 Å². The molecule has 1 N–H and O–H groups in total. The van der Waals surface area contributed by atoms with E-state index in [0.29, 0.717) is 5.69 Å². The fourth-order valence-electron chi connectivity index (χ4n) is 1.85. The van der Waals surface area contributed by atoms with Crippen LogP contribution in [0.2, 0.25) is 0 Å². The highest BCUT2D eigenvalue weighted by Gasteiger charge is 2.14. The Balaban J connectivity index is 2.18. The third-order valence-electron chi connectivity index (χ3n) is 2.87. The molecule has 0 saturated heterocycles. The summed E-state index contributed by atoms with van der Waals surface area (Å²) in [6, 6.07) is 7.38. The smallest absolute Gasteiger partial charge is 0.274 e. The lowest BCUT2D eigenvalue weighted by atomic mass is 10.1. The second kappa shape index (κ2) is 6.17. The van der Waals surface area contributed by atoms with Gasteiger partial charge in [0, 0.05) is 24.4 Å². The first-order valence-corrected chi connectivity index (χ1v) is 6.01. The van der Waals surface area contributed by atoms with Gasteiger partial charge in [-0.15, -0.1) is 0 Å². The fourth-order valence-corrected chi connectivity index (χ4v) is 1.85. The van der Waals surface area contributed by atoms with E-state index in [-0.39, 0.29) is 23.5 Å². The molecule has 2 aromatic carbocycles. The molecule has 0 aliphatic heterocycles. The zero-order valence-corrected chi connectivity index (χ0v) is 11.1. The van der Waals surface area contributed by atoms with Crippen molar-refractivity contribution in [3.05, 3.63) is 63.7 Å². The largest absolute Gasteiger partial charge is 0.494 e. The molecule has 0 bridgehead atoms. The van der Waals surface area contributed by atoms with E-state index in [4.69, 9.17) is 4.74 Å². The second-order valence-electron chi connectivity index (χ2n) is 4.23. The van der Waals surface area contributed by atoms with Crippen molar-refractivity contribution in [3.8, 4) is 5.75 Å². The molecule has 5 nitrogen and oxygen atoms in total. The van der Waals surface area contributed by atoms with Gasteiger partial charge >= 0.3 is 0 Å². The maximum atomic E-state index is 13.5. The quantitative estimate of drug-likeness (QED) is 0.677. The van der Waals surface area contributed by atoms with Gasteiger partial charge in [-0.1, -0.05) is 0 Å². The van der Waals surface area contributed by atoms with Crippen molar-refractivity contribution in [2.45, 2.75) is 6.54 Å². The van der Waals surface area contributed by atoms with E-state index in [0.717, 1.165) is 18.2 Å². The van der Waals surface area contributed by atoms with Crippen molar-refractivity contribution in [3.63, 3.8) is 0 Å². The summed E-state index contributed by atoms with van der Waals surface area (Å²) < 4.78 is 31.5. The summed E-state index contributed by atoms with van der Waals surface area (Å²) in [5.74, 6) is -1.04. The van der Waals surface area contributed by atoms with Crippen LogP contribution in [0.4, 0.5) is 20.2 Å². The molecule has 7 heteroatoms. The molecule has 0 spiro atoms. The monoisotopic (exact) mass is 294 g/mol. The van der Waals surface area contributed by atoms with Crippen LogP contribution in [0.25, 0.3) is 0 Å². The summed E-state index contributed by atoms with van der Waals surface area (Å²) >= 11 is 0. The molecule has 110 valence electrons. The number of nitrogens with one attached hydrogen (secondary N) is 1. The summed E-state index contributed by atoms with van der Waals surface area (Å²) in [6.45, 7) is -0.000157. The fraction of sp³-hybridized carbons (Fsp3) is 0.143. The summed E-state index contributed by atoms with van der Waals surface area (Å²) in [5, 5.41) is 13.7. The van der Waals surface area contributed by atoms with E-state index in [1.54, 1.807) is 6.07 Å². The van der Waals surface area contributed by atoms with Crippen LogP contribution in [0, 0.1) is 21.7 Å². The van der Waals surface area contributed by atoms with Gasteiger partial charge in [0.05, 0.1) is 17.6 Å². The number of nitro groups is 1. The van der Waals surface area contributed by atoms with Crippen LogP contribution in [-0.2, 0) is 6.54 Å². The molecule has 0 atom stereocenters. The molecular weight excluding hydrogens is 282 g/mol. The van der Waals surface area contributed by atoms with Crippen molar-refractivity contribution >= 4 is 11.4 Å². The molecule has 2 rings (SSSR count). The zero-order valence-electron chi connectivity index (χ0n) is 11.1. The topological polar surface area (TPSA) is 64.4 Å². The molecule has 0 aliphatic carbocycles. The number of rotatable bonds is 5. The number of nitrogens with zero attached hydrogens (tertiary/aromatic N) is 1. The van der Waals surface area contributed by atoms with Crippen LogP contribution in [0.15, 0.2) is 36.4 Å². The van der Waals surface area contributed by atoms with Crippen LogP contribution >= 0.6 is 0 Å². The van der Waals surface area contributed by atoms with Gasteiger partial charge in [-0.05, 0) is 24.3 Å². The highest BCUT2D eigenvalue weighted by molar-refractivity contribution is 5.49. The Kier molecular flexibility index (Phi) is 4.32. The predicted octanol–water partition coefficient (Wildman–Crippen LogP) is 3.49. The zero-order chi connectivity index (χ0) is 15.4. The second-order valence-corrected chi connectivity index (χ2v) is 4.23. The van der Waals surface area contributed by atoms with E-state index in [2.05, 4.69) is 5.32 Å². The highest BCUT2D eigenvalue weighted by Crippen LogP contribution is 2.23. The standard InChI is InChI=1S/C14H12F2N2O3/c1-21-14-5-3-11(7-12(14)16)17-8-9-6-10(15)2-4-13(9)18(19)20/h2-7,17H,8H2,1H3. The van der Waals surface area contributed by atoms with Crippen molar-refractivity contribution < 1.29 is 18.4 Å². The Bertz CT molecular complexity index is 677. The van der Waals surface area contributed by atoms with Crippen molar-refractivity contribution in [1.82, 2.24) is 0 Å². The number of benzene rings is 2. The maximum Gasteiger partial charge on any atom is 0.274 e. The van der Waals surface area contributed by atoms with Gasteiger partial charge in [0.15, 0.2) is 11.6 Å². The van der Waals surface area contributed by atoms with Gasteiger partial charge in [-0.25, -0.2) is 8.78 Å². The minimum absolute atomic E-state index is 0.000157. The first kappa shape index (κ1) is 14.7. The van der Waals surface area contributed by atoms with Gasteiger partial charge in [0.2, 0.25) is 0 Å². The van der Waals surface area contributed by atoms with Crippen molar-refractivity contribution in [2.24, 2.45) is 0 Å². The molecule has 0 unspecified atom stereocenters. The maximum absolute atomic E-state index is 13.5. The minimum atomic E-state index is -0.592. The van der Waals surface area contributed by atoms with Crippen LogP contribution in [0.3, 0.4) is 0 Å². The first-order valence-electron chi connectivity index (χ1n) is 6.01. The van der Waals surface area contributed by atoms with E-state index in [1.165, 1.54) is 19.2 Å². The summed E-state index contributed by atoms with van der Waals surface area (Å²) in [7, 11) is 1.35. The summed E-state index contributed by atoms with van der Waals surface area (Å²) in [5.41, 5.74) is 0.390. The number of ether oxygens (including phenoxy) is 1. The molecular formula is C14H12F2N2O3. The van der Waals surface area contributed by atoms with Gasteiger partial charge in [-0.3, -0.25) is 10.1 Å². The van der Waals surface area contributed by atoms with Crippen molar-refractivity contribution in [1.29, 1.82) is 0 Å². The van der Waals surface area contributed by atoms with Gasteiger partial charge in [-0.2, -0.15) is 0 Å². The van der Waals surface area contributed by atoms with Gasteiger partial charge < -0.3 is 10.1 Å². The first-order chi connectivity index (χ1) is 10.0. The average Bonchev–Trinajstić information content (AvgIpc) is 2.45. The van der Waals surface area contributed by atoms with Crippen LogP contribution in [0.1, 0.15) is 5.56 Å². The highest BCUT2D eigenvalue weighted by atomic mass is 19.1.